The molecule has 0 bridgehead atoms. The van der Waals surface area contributed by atoms with Crippen molar-refractivity contribution in [2.45, 2.75) is 33.2 Å². The van der Waals surface area contributed by atoms with Crippen molar-refractivity contribution in [1.82, 2.24) is 15.2 Å². The number of amides is 2. The number of hydrogen-bond donors (Lipinski definition) is 1. The van der Waals surface area contributed by atoms with E-state index in [2.05, 4.69) is 4.98 Å². The lowest BCUT2D eigenvalue weighted by molar-refractivity contribution is 0.0240. The lowest BCUT2D eigenvalue weighted by Crippen LogP contribution is -2.50. The molecular weight excluding hydrogens is 308 g/mol. The van der Waals surface area contributed by atoms with E-state index in [1.165, 1.54) is 12.1 Å². The Kier molecular flexibility index (Phi) is 3.32. The summed E-state index contributed by atoms with van der Waals surface area (Å²) in [7, 11) is 0. The van der Waals surface area contributed by atoms with Gasteiger partial charge in [-0.3, -0.25) is 4.79 Å². The zero-order valence-corrected chi connectivity index (χ0v) is 14.0. The molecule has 1 aromatic heterocycles. The predicted molar refractivity (Wildman–Crippen MR) is 92.4 cm³/mol. The fourth-order valence-electron chi connectivity index (χ4n) is 2.35. The molecule has 1 aromatic rings. The molecule has 24 heavy (non-hydrogen) atoms. The topological polar surface area (TPSA) is 74.8 Å². The van der Waals surface area contributed by atoms with E-state index in [9.17, 15) is 9.59 Å². The molecule has 7 heteroatoms. The highest BCUT2D eigenvalue weighted by molar-refractivity contribution is 5.92. The molecule has 0 aromatic carbocycles. The number of carbonyl (C=O) groups excluding carboxylic acids is 2. The van der Waals surface area contributed by atoms with Crippen molar-refractivity contribution in [2.75, 3.05) is 38.1 Å². The number of piperazine rings is 1. The van der Waals surface area contributed by atoms with Gasteiger partial charge in [-0.05, 0) is 39.8 Å². The minimum Gasteiger partial charge on any atom is -0.444 e. The van der Waals surface area contributed by atoms with E-state index in [4.69, 9.17) is 13.0 Å². The Hall–Kier alpha value is -2.31. The van der Waals surface area contributed by atoms with Crippen LogP contribution in [0, 0.1) is 6.85 Å². The first-order chi connectivity index (χ1) is 13.6. The Bertz CT molecular complexity index is 796. The summed E-state index contributed by atoms with van der Waals surface area (Å²) in [4.78, 5) is 31.5. The van der Waals surface area contributed by atoms with E-state index in [0.29, 0.717) is 31.9 Å². The summed E-state index contributed by atoms with van der Waals surface area (Å²) in [5, 5.41) is 1.79. The molecule has 2 rings (SSSR count). The van der Waals surface area contributed by atoms with Gasteiger partial charge in [-0.25, -0.2) is 9.78 Å². The van der Waals surface area contributed by atoms with E-state index in [-0.39, 0.29) is 11.4 Å². The number of ether oxygens (including phenoxy) is 1. The fourth-order valence-corrected chi connectivity index (χ4v) is 2.35. The molecule has 0 unspecified atom stereocenters. The SMILES string of the molecule is [2H]C([2H])([2H])NC(=O)c1ccc(N2CCN(C(=O)OC(C)(C)C)CC2)c(C([2H])([2H])[2H])n1. The number of anilines is 1. The van der Waals surface area contributed by atoms with Gasteiger partial charge in [0.25, 0.3) is 5.91 Å². The van der Waals surface area contributed by atoms with E-state index < -0.39 is 31.4 Å². The first-order valence-corrected chi connectivity index (χ1v) is 7.64. The lowest BCUT2D eigenvalue weighted by Gasteiger charge is -2.37. The number of aromatic nitrogens is 1. The first-order valence-electron chi connectivity index (χ1n) is 10.6. The smallest absolute Gasteiger partial charge is 0.410 e. The van der Waals surface area contributed by atoms with Crippen LogP contribution in [0.25, 0.3) is 0 Å². The van der Waals surface area contributed by atoms with Gasteiger partial charge in [0.2, 0.25) is 0 Å². The van der Waals surface area contributed by atoms with Crippen molar-refractivity contribution >= 4 is 17.7 Å². The van der Waals surface area contributed by atoms with Gasteiger partial charge in [0, 0.05) is 41.4 Å². The highest BCUT2D eigenvalue weighted by Crippen LogP contribution is 2.21. The fraction of sp³-hybridized carbons (Fsp3) is 0.588. The monoisotopic (exact) mass is 340 g/mol. The third-order valence-corrected chi connectivity index (χ3v) is 3.49. The molecule has 2 heterocycles. The molecule has 1 fully saturated rings. The summed E-state index contributed by atoms with van der Waals surface area (Å²) in [5.74, 6) is -0.984. The van der Waals surface area contributed by atoms with Crippen LogP contribution < -0.4 is 10.2 Å². The maximum Gasteiger partial charge on any atom is 0.410 e. The molecule has 2 amide bonds. The summed E-state index contributed by atoms with van der Waals surface area (Å²) in [6.45, 7) is 1.37. The van der Waals surface area contributed by atoms with E-state index in [1.54, 1.807) is 35.9 Å². The van der Waals surface area contributed by atoms with Gasteiger partial charge in [0.1, 0.15) is 11.3 Å². The average molecular weight is 340 g/mol. The Labute approximate surface area is 151 Å². The standard InChI is InChI=1S/C17H26N4O3/c1-12-14(7-6-13(19-12)15(22)18-5)20-8-10-21(11-9-20)16(23)24-17(2,3)4/h6-7H,8-11H2,1-5H3,(H,18,22)/i1D3,5D3. The van der Waals surface area contributed by atoms with Gasteiger partial charge in [-0.2, -0.15) is 0 Å². The molecule has 132 valence electrons. The second kappa shape index (κ2) is 7.07. The Morgan fingerprint density at radius 3 is 2.54 bits per heavy atom. The van der Waals surface area contributed by atoms with Crippen LogP contribution in [0.5, 0.6) is 0 Å². The minimum absolute atomic E-state index is 0.298. The molecule has 1 N–H and O–H groups in total. The highest BCUT2D eigenvalue weighted by Gasteiger charge is 2.26. The third-order valence-electron chi connectivity index (χ3n) is 3.49. The molecule has 1 aliphatic rings. The molecular formula is C17H26N4O3. The largest absolute Gasteiger partial charge is 0.444 e. The number of nitrogens with one attached hydrogen (secondary N) is 1. The molecule has 0 atom stereocenters. The van der Waals surface area contributed by atoms with Crippen LogP contribution in [-0.4, -0.2) is 60.6 Å². The van der Waals surface area contributed by atoms with E-state index in [0.717, 1.165) is 0 Å². The van der Waals surface area contributed by atoms with Crippen LogP contribution in [0.1, 0.15) is 45.2 Å². The van der Waals surface area contributed by atoms with Crippen LogP contribution in [0.3, 0.4) is 0 Å². The highest BCUT2D eigenvalue weighted by atomic mass is 16.6. The summed E-state index contributed by atoms with van der Waals surface area (Å²) < 4.78 is 50.0. The van der Waals surface area contributed by atoms with Gasteiger partial charge >= 0.3 is 6.09 Å². The zero-order chi connectivity index (χ0) is 22.9. The summed E-state index contributed by atoms with van der Waals surface area (Å²) in [6.07, 6.45) is -0.437. The van der Waals surface area contributed by atoms with Gasteiger partial charge in [-0.1, -0.05) is 0 Å². The van der Waals surface area contributed by atoms with Crippen LogP contribution in [0.15, 0.2) is 12.1 Å². The van der Waals surface area contributed by atoms with Crippen LogP contribution in [0.2, 0.25) is 0 Å². The zero-order valence-electron chi connectivity index (χ0n) is 20.0. The Morgan fingerprint density at radius 2 is 1.96 bits per heavy atom. The summed E-state index contributed by atoms with van der Waals surface area (Å²) >= 11 is 0. The molecule has 0 radical (unpaired) electrons. The van der Waals surface area contributed by atoms with E-state index >= 15 is 0 Å². The number of aryl methyl sites for hydroxylation is 1. The number of carbonyl (C=O) groups is 2. The maximum atomic E-state index is 12.2. The molecule has 0 aliphatic carbocycles. The third kappa shape index (κ3) is 4.37. The minimum atomic E-state index is -2.71. The van der Waals surface area contributed by atoms with Crippen LogP contribution >= 0.6 is 0 Å². The van der Waals surface area contributed by atoms with Gasteiger partial charge in [0.05, 0.1) is 11.4 Å². The van der Waals surface area contributed by atoms with Crippen molar-refractivity contribution in [2.24, 2.45) is 0 Å². The van der Waals surface area contributed by atoms with Gasteiger partial charge < -0.3 is 19.9 Å². The molecule has 1 aliphatic heterocycles. The Morgan fingerprint density at radius 1 is 1.25 bits per heavy atom. The van der Waals surface area contributed by atoms with Crippen LogP contribution in [-0.2, 0) is 4.74 Å². The van der Waals surface area contributed by atoms with Gasteiger partial charge in [-0.15, -0.1) is 0 Å². The molecule has 0 spiro atoms. The average Bonchev–Trinajstić information content (AvgIpc) is 2.57. The Balaban J connectivity index is 2.20. The summed E-state index contributed by atoms with van der Waals surface area (Å²) in [6, 6.07) is 2.72. The van der Waals surface area contributed by atoms with Crippen molar-refractivity contribution < 1.29 is 22.6 Å². The first kappa shape index (κ1) is 11.3. The molecule has 7 nitrogen and oxygen atoms in total. The van der Waals surface area contributed by atoms with Crippen molar-refractivity contribution in [3.63, 3.8) is 0 Å². The normalized spacial score (nSPS) is 20.0. The molecule has 1 saturated heterocycles. The van der Waals surface area contributed by atoms with Crippen LogP contribution in [0.4, 0.5) is 10.5 Å². The quantitative estimate of drug-likeness (QED) is 0.889. The van der Waals surface area contributed by atoms with E-state index in [1.807, 2.05) is 0 Å². The number of nitrogens with zero attached hydrogens (tertiary/aromatic N) is 3. The number of pyridine rings is 1. The predicted octanol–water partition coefficient (Wildman–Crippen LogP) is 1.81. The molecule has 0 saturated carbocycles. The number of rotatable bonds is 2. The lowest BCUT2D eigenvalue weighted by atomic mass is 10.2. The summed E-state index contributed by atoms with van der Waals surface area (Å²) in [5.41, 5.74) is -0.901. The van der Waals surface area contributed by atoms with Gasteiger partial charge in [0.15, 0.2) is 0 Å². The maximum absolute atomic E-state index is 12.2. The second-order valence-electron chi connectivity index (χ2n) is 6.47. The number of hydrogen-bond acceptors (Lipinski definition) is 5. The second-order valence-corrected chi connectivity index (χ2v) is 6.47. The van der Waals surface area contributed by atoms with Crippen molar-refractivity contribution in [3.8, 4) is 0 Å². The van der Waals surface area contributed by atoms with Crippen molar-refractivity contribution in [3.05, 3.63) is 23.5 Å². The van der Waals surface area contributed by atoms with Crippen molar-refractivity contribution in [1.29, 1.82) is 0 Å².